The van der Waals surface area contributed by atoms with Gasteiger partial charge in [0.2, 0.25) is 0 Å². The van der Waals surface area contributed by atoms with Crippen molar-refractivity contribution in [2.24, 2.45) is 0 Å². The fourth-order valence-electron chi connectivity index (χ4n) is 2.92. The zero-order valence-corrected chi connectivity index (χ0v) is 16.3. The van der Waals surface area contributed by atoms with Crippen LogP contribution >= 0.6 is 0 Å². The van der Waals surface area contributed by atoms with Crippen molar-refractivity contribution in [3.8, 4) is 5.75 Å². The van der Waals surface area contributed by atoms with Gasteiger partial charge in [-0.25, -0.2) is 4.39 Å². The van der Waals surface area contributed by atoms with Crippen LogP contribution in [-0.2, 0) is 20.9 Å². The Morgan fingerprint density at radius 3 is 2.52 bits per heavy atom. The minimum absolute atomic E-state index is 0.0345. The smallest absolute Gasteiger partial charge is 0.313 e. The summed E-state index contributed by atoms with van der Waals surface area (Å²) in [5.41, 5.74) is 1.16. The first kappa shape index (κ1) is 20.3. The summed E-state index contributed by atoms with van der Waals surface area (Å²) < 4.78 is 23.9. The van der Waals surface area contributed by atoms with Crippen LogP contribution in [0.25, 0.3) is 10.8 Å². The molecule has 0 aliphatic rings. The molecule has 0 saturated heterocycles. The van der Waals surface area contributed by atoms with Crippen LogP contribution in [0, 0.1) is 5.82 Å². The summed E-state index contributed by atoms with van der Waals surface area (Å²) >= 11 is 0. The van der Waals surface area contributed by atoms with Gasteiger partial charge in [-0.15, -0.1) is 0 Å². The van der Waals surface area contributed by atoms with E-state index in [4.69, 9.17) is 9.47 Å². The number of amides is 1. The molecule has 150 valence electrons. The van der Waals surface area contributed by atoms with Crippen LogP contribution in [0.5, 0.6) is 5.75 Å². The molecule has 0 saturated carbocycles. The van der Waals surface area contributed by atoms with Gasteiger partial charge in [0.15, 0.2) is 6.61 Å². The molecule has 1 atom stereocenters. The maximum atomic E-state index is 13.6. The number of benzene rings is 3. The topological polar surface area (TPSA) is 64.6 Å². The van der Waals surface area contributed by atoms with Crippen LogP contribution in [0.2, 0.25) is 0 Å². The van der Waals surface area contributed by atoms with Crippen LogP contribution in [0.1, 0.15) is 24.0 Å². The van der Waals surface area contributed by atoms with E-state index in [1.165, 1.54) is 6.07 Å². The molecule has 0 fully saturated rings. The normalized spacial score (nSPS) is 11.7. The van der Waals surface area contributed by atoms with Crippen molar-refractivity contribution in [1.29, 1.82) is 0 Å². The fraction of sp³-hybridized carbons (Fsp3) is 0.217. The molecule has 3 aromatic rings. The molecule has 0 radical (unpaired) electrons. The molecule has 0 heterocycles. The summed E-state index contributed by atoms with van der Waals surface area (Å²) in [5, 5.41) is 4.52. The Morgan fingerprint density at radius 1 is 1.03 bits per heavy atom. The second-order valence-corrected chi connectivity index (χ2v) is 6.67. The Labute approximate surface area is 168 Å². The van der Waals surface area contributed by atoms with Crippen molar-refractivity contribution >= 4 is 22.6 Å². The molecular weight excluding hydrogens is 373 g/mol. The second-order valence-electron chi connectivity index (χ2n) is 6.67. The lowest BCUT2D eigenvalue weighted by atomic mass is 9.98. The zero-order valence-electron chi connectivity index (χ0n) is 16.3. The van der Waals surface area contributed by atoms with Crippen molar-refractivity contribution in [3.63, 3.8) is 0 Å². The highest BCUT2D eigenvalue weighted by molar-refractivity contribution is 5.87. The van der Waals surface area contributed by atoms with Crippen LogP contribution in [-0.4, -0.2) is 25.6 Å². The molecule has 0 spiro atoms. The third-order valence-electron chi connectivity index (χ3n) is 4.70. The minimum Gasteiger partial charge on any atom is -0.497 e. The molecule has 0 bridgehead atoms. The van der Waals surface area contributed by atoms with Gasteiger partial charge in [0.25, 0.3) is 5.91 Å². The molecule has 3 aromatic carbocycles. The Hall–Kier alpha value is -3.41. The molecule has 0 aliphatic heterocycles. The number of ether oxygens (including phenoxy) is 2. The van der Waals surface area contributed by atoms with Gasteiger partial charge >= 0.3 is 5.97 Å². The lowest BCUT2D eigenvalue weighted by molar-refractivity contribution is -0.149. The summed E-state index contributed by atoms with van der Waals surface area (Å²) in [6.07, 6.45) is 0. The first-order valence-corrected chi connectivity index (χ1v) is 9.22. The monoisotopic (exact) mass is 395 g/mol. The second kappa shape index (κ2) is 9.19. The zero-order chi connectivity index (χ0) is 20.8. The lowest BCUT2D eigenvalue weighted by Gasteiger charge is -2.13. The molecule has 0 aromatic heterocycles. The van der Waals surface area contributed by atoms with E-state index in [1.807, 2.05) is 36.4 Å². The number of rotatable bonds is 7. The summed E-state index contributed by atoms with van der Waals surface area (Å²) in [5.74, 6) is -1.15. The maximum absolute atomic E-state index is 13.6. The summed E-state index contributed by atoms with van der Waals surface area (Å²) in [4.78, 5) is 24.2. The third-order valence-corrected chi connectivity index (χ3v) is 4.70. The Morgan fingerprint density at radius 2 is 1.76 bits per heavy atom. The van der Waals surface area contributed by atoms with E-state index in [2.05, 4.69) is 5.32 Å². The van der Waals surface area contributed by atoms with E-state index in [0.29, 0.717) is 5.56 Å². The van der Waals surface area contributed by atoms with Crippen molar-refractivity contribution in [2.75, 3.05) is 13.7 Å². The van der Waals surface area contributed by atoms with Crippen molar-refractivity contribution in [2.45, 2.75) is 19.4 Å². The van der Waals surface area contributed by atoms with Gasteiger partial charge in [0.1, 0.15) is 11.6 Å². The predicted molar refractivity (Wildman–Crippen MR) is 108 cm³/mol. The first-order valence-electron chi connectivity index (χ1n) is 9.22. The van der Waals surface area contributed by atoms with Gasteiger partial charge in [-0.3, -0.25) is 9.59 Å². The van der Waals surface area contributed by atoms with E-state index in [0.717, 1.165) is 22.1 Å². The van der Waals surface area contributed by atoms with Crippen molar-refractivity contribution in [3.05, 3.63) is 77.6 Å². The number of carbonyl (C=O) groups excluding carboxylic acids is 2. The third kappa shape index (κ3) is 5.10. The fourth-order valence-corrected chi connectivity index (χ4v) is 2.92. The van der Waals surface area contributed by atoms with Gasteiger partial charge in [-0.2, -0.15) is 0 Å². The first-order chi connectivity index (χ1) is 14.0. The number of hydrogen-bond donors (Lipinski definition) is 1. The Bertz CT molecular complexity index is 1030. The molecule has 3 rings (SSSR count). The average Bonchev–Trinajstić information content (AvgIpc) is 2.75. The van der Waals surface area contributed by atoms with E-state index < -0.39 is 30.2 Å². The van der Waals surface area contributed by atoms with Crippen LogP contribution in [0.4, 0.5) is 4.39 Å². The molecule has 0 aliphatic carbocycles. The van der Waals surface area contributed by atoms with Crippen LogP contribution in [0.15, 0.2) is 60.7 Å². The highest BCUT2D eigenvalue weighted by Gasteiger charge is 2.18. The Kier molecular flexibility index (Phi) is 6.44. The van der Waals surface area contributed by atoms with E-state index in [9.17, 15) is 14.0 Å². The number of carbonyl (C=O) groups is 2. The summed E-state index contributed by atoms with van der Waals surface area (Å²) in [7, 11) is 1.61. The highest BCUT2D eigenvalue weighted by atomic mass is 19.1. The molecular formula is C23H22FNO4. The molecule has 5 nitrogen and oxygen atoms in total. The molecule has 6 heteroatoms. The summed E-state index contributed by atoms with van der Waals surface area (Å²) in [6.45, 7) is 1.35. The number of fused-ring (bicyclic) bond motifs is 1. The van der Waals surface area contributed by atoms with Gasteiger partial charge in [0.05, 0.1) is 13.0 Å². The highest BCUT2D eigenvalue weighted by Crippen LogP contribution is 2.25. The van der Waals surface area contributed by atoms with E-state index in [1.54, 1.807) is 32.2 Å². The molecule has 1 N–H and O–H groups in total. The van der Waals surface area contributed by atoms with E-state index in [-0.39, 0.29) is 6.54 Å². The summed E-state index contributed by atoms with van der Waals surface area (Å²) in [6, 6.07) is 17.5. The number of esters is 1. The van der Waals surface area contributed by atoms with Crippen molar-refractivity contribution < 1.29 is 23.5 Å². The standard InChI is InChI=1S/C23H22FNO4/c1-15(16-7-8-18-12-20(28-2)10-9-17(18)11-16)23(27)29-14-22(26)25-13-19-5-3-4-6-21(19)24/h3-12,15H,13-14H2,1-2H3,(H,25,26)/t15-/m0/s1. The SMILES string of the molecule is COc1ccc2cc([C@H](C)C(=O)OCC(=O)NCc3ccccc3F)ccc2c1. The number of methoxy groups -OCH3 is 1. The predicted octanol–water partition coefficient (Wildman–Crippen LogP) is 3.95. The van der Waals surface area contributed by atoms with Gasteiger partial charge in [0, 0.05) is 12.1 Å². The minimum atomic E-state index is -0.527. The number of nitrogens with one attached hydrogen (secondary N) is 1. The van der Waals surface area contributed by atoms with Gasteiger partial charge in [-0.05, 0) is 41.5 Å². The van der Waals surface area contributed by atoms with Gasteiger partial charge < -0.3 is 14.8 Å². The largest absolute Gasteiger partial charge is 0.497 e. The van der Waals surface area contributed by atoms with E-state index >= 15 is 0 Å². The number of hydrogen-bond acceptors (Lipinski definition) is 4. The van der Waals surface area contributed by atoms with Crippen LogP contribution in [0.3, 0.4) is 0 Å². The van der Waals surface area contributed by atoms with Crippen molar-refractivity contribution in [1.82, 2.24) is 5.32 Å². The molecule has 0 unspecified atom stereocenters. The van der Waals surface area contributed by atoms with Gasteiger partial charge in [-0.1, -0.05) is 42.5 Å². The lowest BCUT2D eigenvalue weighted by Crippen LogP contribution is -2.29. The van der Waals surface area contributed by atoms with Crippen LogP contribution < -0.4 is 10.1 Å². The quantitative estimate of drug-likeness (QED) is 0.615. The molecule has 1 amide bonds. The molecule has 29 heavy (non-hydrogen) atoms. The maximum Gasteiger partial charge on any atom is 0.313 e. The average molecular weight is 395 g/mol. The number of halogens is 1. The Balaban J connectivity index is 1.55.